The standard InChI is InChI=1S/C35H33IN2O4S/c1-4-41-33-20-24(19-31(36)35(33)42-43(39,40)27-15-8-22(2)9-16-27)21-37-26-13-11-25(12-14-26)34-29-7-5-6-28(29)30-18-23(3)10-17-32(30)38-34/h5-6,8-21,28-29,34,38H,4,7H2,1-3H3/t28-,29-,34-/m0/s1. The van der Waals surface area contributed by atoms with E-state index in [0.717, 1.165) is 23.2 Å². The highest BCUT2D eigenvalue weighted by Gasteiger charge is 2.37. The van der Waals surface area contributed by atoms with Crippen LogP contribution >= 0.6 is 22.6 Å². The van der Waals surface area contributed by atoms with Crippen molar-refractivity contribution >= 4 is 50.3 Å². The monoisotopic (exact) mass is 704 g/mol. The van der Waals surface area contributed by atoms with Crippen LogP contribution in [-0.4, -0.2) is 21.2 Å². The van der Waals surface area contributed by atoms with Crippen molar-refractivity contribution in [2.75, 3.05) is 11.9 Å². The van der Waals surface area contributed by atoms with Crippen LogP contribution in [0.15, 0.2) is 101 Å². The molecule has 6 nitrogen and oxygen atoms in total. The number of ether oxygens (including phenoxy) is 1. The number of halogens is 1. The molecule has 3 atom stereocenters. The average molecular weight is 705 g/mol. The summed E-state index contributed by atoms with van der Waals surface area (Å²) in [5, 5.41) is 3.80. The van der Waals surface area contributed by atoms with Gasteiger partial charge < -0.3 is 14.2 Å². The van der Waals surface area contributed by atoms with Crippen LogP contribution in [0.2, 0.25) is 0 Å². The van der Waals surface area contributed by atoms with Crippen LogP contribution in [-0.2, 0) is 10.1 Å². The molecule has 0 aromatic heterocycles. The molecule has 0 spiro atoms. The van der Waals surface area contributed by atoms with Crippen LogP contribution in [0.5, 0.6) is 11.5 Å². The summed E-state index contributed by atoms with van der Waals surface area (Å²) < 4.78 is 37.9. The van der Waals surface area contributed by atoms with E-state index in [1.54, 1.807) is 24.4 Å². The van der Waals surface area contributed by atoms with Gasteiger partial charge in [0.25, 0.3) is 0 Å². The van der Waals surface area contributed by atoms with Gasteiger partial charge in [-0.15, -0.1) is 0 Å². The lowest BCUT2D eigenvalue weighted by Gasteiger charge is -2.37. The molecule has 0 radical (unpaired) electrons. The van der Waals surface area contributed by atoms with E-state index in [1.807, 2.05) is 32.0 Å². The Kier molecular flexibility index (Phi) is 8.33. The molecule has 1 aliphatic heterocycles. The second kappa shape index (κ2) is 12.2. The van der Waals surface area contributed by atoms with E-state index in [0.29, 0.717) is 27.8 Å². The van der Waals surface area contributed by atoms with Crippen molar-refractivity contribution in [2.24, 2.45) is 10.9 Å². The van der Waals surface area contributed by atoms with Crippen LogP contribution in [0, 0.1) is 23.3 Å². The predicted octanol–water partition coefficient (Wildman–Crippen LogP) is 8.65. The number of nitrogens with one attached hydrogen (secondary N) is 1. The molecular weight excluding hydrogens is 671 g/mol. The molecule has 0 fully saturated rings. The van der Waals surface area contributed by atoms with E-state index in [2.05, 4.69) is 77.3 Å². The maximum atomic E-state index is 13.0. The summed E-state index contributed by atoms with van der Waals surface area (Å²) in [6.07, 6.45) is 7.49. The van der Waals surface area contributed by atoms with Crippen molar-refractivity contribution in [3.05, 3.63) is 122 Å². The van der Waals surface area contributed by atoms with Crippen molar-refractivity contribution in [2.45, 2.75) is 44.0 Å². The Morgan fingerprint density at radius 1 is 0.977 bits per heavy atom. The maximum absolute atomic E-state index is 13.0. The van der Waals surface area contributed by atoms with Crippen LogP contribution in [0.1, 0.15) is 53.1 Å². The van der Waals surface area contributed by atoms with E-state index in [4.69, 9.17) is 13.9 Å². The van der Waals surface area contributed by atoms with Gasteiger partial charge in [-0.2, -0.15) is 8.42 Å². The van der Waals surface area contributed by atoms with Gasteiger partial charge in [0, 0.05) is 17.8 Å². The fourth-order valence-corrected chi connectivity index (χ4v) is 7.67. The molecule has 1 aliphatic carbocycles. The molecule has 4 aromatic rings. The quantitative estimate of drug-likeness (QED) is 0.0861. The fraction of sp³-hybridized carbons (Fsp3) is 0.229. The number of aryl methyl sites for hydroxylation is 2. The number of benzene rings is 4. The Balaban J connectivity index is 1.21. The molecule has 6 rings (SSSR count). The third kappa shape index (κ3) is 6.21. The van der Waals surface area contributed by atoms with E-state index < -0.39 is 10.1 Å². The maximum Gasteiger partial charge on any atom is 0.339 e. The molecule has 0 saturated carbocycles. The third-order valence-corrected chi connectivity index (χ3v) is 10.0. The Morgan fingerprint density at radius 2 is 1.72 bits per heavy atom. The number of anilines is 1. The van der Waals surface area contributed by atoms with Gasteiger partial charge in [0.2, 0.25) is 0 Å². The van der Waals surface area contributed by atoms with Crippen LogP contribution in [0.4, 0.5) is 11.4 Å². The highest BCUT2D eigenvalue weighted by atomic mass is 127. The lowest BCUT2D eigenvalue weighted by atomic mass is 9.76. The second-order valence-electron chi connectivity index (χ2n) is 11.0. The first-order valence-corrected chi connectivity index (χ1v) is 16.9. The largest absolute Gasteiger partial charge is 0.490 e. The van der Waals surface area contributed by atoms with Gasteiger partial charge in [0.05, 0.1) is 21.9 Å². The van der Waals surface area contributed by atoms with Gasteiger partial charge in [0.1, 0.15) is 4.90 Å². The summed E-state index contributed by atoms with van der Waals surface area (Å²) in [5.74, 6) is 1.43. The third-order valence-electron chi connectivity index (χ3n) is 7.97. The minimum atomic E-state index is -4.03. The van der Waals surface area contributed by atoms with Crippen LogP contribution < -0.4 is 14.2 Å². The molecule has 0 bridgehead atoms. The van der Waals surface area contributed by atoms with Crippen LogP contribution in [0.25, 0.3) is 0 Å². The first-order valence-electron chi connectivity index (χ1n) is 14.4. The molecule has 2 aliphatic rings. The second-order valence-corrected chi connectivity index (χ2v) is 13.7. The molecule has 4 aromatic carbocycles. The van der Waals surface area contributed by atoms with Crippen molar-refractivity contribution < 1.29 is 17.3 Å². The Labute approximate surface area is 267 Å². The minimum Gasteiger partial charge on any atom is -0.490 e. The lowest BCUT2D eigenvalue weighted by Crippen LogP contribution is -2.29. The van der Waals surface area contributed by atoms with Gasteiger partial charge in [-0.3, -0.25) is 4.99 Å². The summed E-state index contributed by atoms with van der Waals surface area (Å²) in [7, 11) is -4.03. The topological polar surface area (TPSA) is 77.0 Å². The SMILES string of the molecule is CCOc1cc(C=Nc2ccc([C@@H]3Nc4ccc(C)cc4[C@H]4C=CC[C@@H]43)cc2)cc(I)c1OS(=O)(=O)c1ccc(C)cc1. The Morgan fingerprint density at radius 3 is 2.47 bits per heavy atom. The fourth-order valence-electron chi connectivity index (χ4n) is 5.83. The normalized spacial score (nSPS) is 19.1. The summed E-state index contributed by atoms with van der Waals surface area (Å²) in [6, 6.07) is 25.4. The number of nitrogens with zero attached hydrogens (tertiary/aromatic N) is 1. The highest BCUT2D eigenvalue weighted by Crippen LogP contribution is 2.50. The number of hydrogen-bond donors (Lipinski definition) is 1. The van der Waals surface area contributed by atoms with Gasteiger partial charge in [-0.25, -0.2) is 0 Å². The number of fused-ring (bicyclic) bond motifs is 3. The van der Waals surface area contributed by atoms with Gasteiger partial charge >= 0.3 is 10.1 Å². The molecule has 0 unspecified atom stereocenters. The molecule has 0 amide bonds. The van der Waals surface area contributed by atoms with Crippen molar-refractivity contribution in [1.29, 1.82) is 0 Å². The smallest absolute Gasteiger partial charge is 0.339 e. The zero-order valence-corrected chi connectivity index (χ0v) is 27.2. The van der Waals surface area contributed by atoms with Gasteiger partial charge in [-0.1, -0.05) is 59.7 Å². The molecule has 1 N–H and O–H groups in total. The van der Waals surface area contributed by atoms with E-state index in [-0.39, 0.29) is 16.7 Å². The Bertz CT molecular complexity index is 1820. The lowest BCUT2D eigenvalue weighted by molar-refractivity contribution is 0.327. The number of aliphatic imine (C=N–C) groups is 1. The molecule has 43 heavy (non-hydrogen) atoms. The zero-order valence-electron chi connectivity index (χ0n) is 24.3. The molecule has 0 saturated heterocycles. The average Bonchev–Trinajstić information content (AvgIpc) is 3.49. The summed E-state index contributed by atoms with van der Waals surface area (Å²) in [6.45, 7) is 6.25. The van der Waals surface area contributed by atoms with Crippen molar-refractivity contribution in [3.8, 4) is 11.5 Å². The Hall–Kier alpha value is -3.63. The van der Waals surface area contributed by atoms with Gasteiger partial charge in [-0.05, 0) is 115 Å². The molecule has 1 heterocycles. The van der Waals surface area contributed by atoms with E-state index >= 15 is 0 Å². The first-order chi connectivity index (χ1) is 20.7. The zero-order chi connectivity index (χ0) is 30.1. The van der Waals surface area contributed by atoms with Crippen LogP contribution in [0.3, 0.4) is 0 Å². The van der Waals surface area contributed by atoms with Crippen molar-refractivity contribution in [1.82, 2.24) is 0 Å². The minimum absolute atomic E-state index is 0.0906. The summed E-state index contributed by atoms with van der Waals surface area (Å²) in [5.41, 5.74) is 7.70. The van der Waals surface area contributed by atoms with E-state index in [9.17, 15) is 8.42 Å². The van der Waals surface area contributed by atoms with Gasteiger partial charge in [0.15, 0.2) is 11.5 Å². The molecule has 8 heteroatoms. The number of hydrogen-bond acceptors (Lipinski definition) is 6. The predicted molar refractivity (Wildman–Crippen MR) is 181 cm³/mol. The number of rotatable bonds is 8. The summed E-state index contributed by atoms with van der Waals surface area (Å²) >= 11 is 2.07. The first kappa shape index (κ1) is 29.4. The summed E-state index contributed by atoms with van der Waals surface area (Å²) in [4.78, 5) is 4.79. The highest BCUT2D eigenvalue weighted by molar-refractivity contribution is 14.1. The molecular formula is C35H33IN2O4S. The number of allylic oxidation sites excluding steroid dienone is 2. The molecule has 220 valence electrons. The van der Waals surface area contributed by atoms with E-state index in [1.165, 1.54) is 34.5 Å². The van der Waals surface area contributed by atoms with Crippen molar-refractivity contribution in [3.63, 3.8) is 0 Å².